The molecule has 0 aliphatic heterocycles. The van der Waals surface area contributed by atoms with Crippen molar-refractivity contribution in [3.05, 3.63) is 90.4 Å². The Balaban J connectivity index is 1.62. The van der Waals surface area contributed by atoms with Gasteiger partial charge < -0.3 is 10.1 Å². The Morgan fingerprint density at radius 2 is 1.81 bits per heavy atom. The number of nitrogens with zero attached hydrogens (tertiary/aromatic N) is 2. The topological polar surface area (TPSA) is 56.1 Å². The van der Waals surface area contributed by atoms with Crippen LogP contribution in [0.15, 0.2) is 79.0 Å². The summed E-state index contributed by atoms with van der Waals surface area (Å²) in [5.74, 6) is -0.684. The fourth-order valence-electron chi connectivity index (χ4n) is 3.48. The molecule has 1 unspecified atom stereocenters. The molecule has 0 aliphatic rings. The Hall–Kier alpha value is -3.45. The summed E-state index contributed by atoms with van der Waals surface area (Å²) in [6.45, 7) is 1.72. The number of rotatable bonds is 7. The number of aromatic nitrogens is 2. The van der Waals surface area contributed by atoms with E-state index in [0.717, 1.165) is 22.2 Å². The molecular formula is C24H20ClF2N3O2. The molecule has 0 spiro atoms. The van der Waals surface area contributed by atoms with Gasteiger partial charge in [0, 0.05) is 5.39 Å². The molecule has 5 nitrogen and oxygen atoms in total. The third kappa shape index (κ3) is 4.73. The second-order valence-electron chi connectivity index (χ2n) is 7.30. The van der Waals surface area contributed by atoms with Crippen molar-refractivity contribution in [2.24, 2.45) is 0 Å². The molecule has 4 rings (SSSR count). The Kier molecular flexibility index (Phi) is 6.37. The van der Waals surface area contributed by atoms with Gasteiger partial charge in [0.25, 0.3) is 11.5 Å². The number of carbonyl (C=O) groups is 1. The van der Waals surface area contributed by atoms with E-state index in [2.05, 4.69) is 10.4 Å². The molecule has 0 fully saturated rings. The standard InChI is InChI=1S/C24H20ClF2N3O2/c1-15(29-24(31)23(25)27)22(16-5-3-2-4-6-16)32-20-11-12-21-17(13-20)14-28-30(21)19-9-7-18(26)8-10-19/h2-15,22-23H,1H3,(H,29,31)/t15-,22+,23?/m0/s1. The van der Waals surface area contributed by atoms with Crippen molar-refractivity contribution >= 4 is 28.4 Å². The number of ether oxygens (including phenoxy) is 1. The number of carbonyl (C=O) groups excluding carboxylic acids is 1. The first-order valence-corrected chi connectivity index (χ1v) is 10.4. The monoisotopic (exact) mass is 455 g/mol. The molecule has 1 heterocycles. The van der Waals surface area contributed by atoms with E-state index in [1.165, 1.54) is 12.1 Å². The first-order chi connectivity index (χ1) is 15.4. The van der Waals surface area contributed by atoms with E-state index in [-0.39, 0.29) is 5.82 Å². The number of benzene rings is 3. The second kappa shape index (κ2) is 9.36. The third-order valence-corrected chi connectivity index (χ3v) is 5.22. The van der Waals surface area contributed by atoms with Gasteiger partial charge in [-0.05, 0) is 55.0 Å². The fourth-order valence-corrected chi connectivity index (χ4v) is 3.55. The zero-order valence-electron chi connectivity index (χ0n) is 17.1. The Bertz CT molecular complexity index is 1210. The molecule has 0 saturated carbocycles. The predicted molar refractivity (Wildman–Crippen MR) is 119 cm³/mol. The fraction of sp³-hybridized carbons (Fsp3) is 0.167. The van der Waals surface area contributed by atoms with Crippen LogP contribution in [0.1, 0.15) is 18.6 Å². The predicted octanol–water partition coefficient (Wildman–Crippen LogP) is 5.32. The lowest BCUT2D eigenvalue weighted by atomic mass is 10.0. The van der Waals surface area contributed by atoms with Gasteiger partial charge in [-0.3, -0.25) is 4.79 Å². The molecule has 1 aromatic heterocycles. The molecule has 4 aromatic rings. The highest BCUT2D eigenvalue weighted by Gasteiger charge is 2.25. The summed E-state index contributed by atoms with van der Waals surface area (Å²) < 4.78 is 34.3. The van der Waals surface area contributed by atoms with E-state index in [4.69, 9.17) is 16.3 Å². The maximum atomic E-state index is 13.2. The van der Waals surface area contributed by atoms with Crippen molar-refractivity contribution in [2.75, 3.05) is 0 Å². The number of halogens is 3. The van der Waals surface area contributed by atoms with Crippen LogP contribution >= 0.6 is 11.6 Å². The zero-order valence-corrected chi connectivity index (χ0v) is 17.8. The second-order valence-corrected chi connectivity index (χ2v) is 7.68. The maximum Gasteiger partial charge on any atom is 0.270 e. The van der Waals surface area contributed by atoms with Crippen LogP contribution in [0.5, 0.6) is 5.75 Å². The summed E-state index contributed by atoms with van der Waals surface area (Å²) in [6.07, 6.45) is 1.11. The van der Waals surface area contributed by atoms with Gasteiger partial charge in [-0.2, -0.15) is 5.10 Å². The molecule has 0 bridgehead atoms. The zero-order chi connectivity index (χ0) is 22.7. The van der Waals surface area contributed by atoms with E-state index >= 15 is 0 Å². The van der Waals surface area contributed by atoms with Crippen LogP contribution in [0.3, 0.4) is 0 Å². The van der Waals surface area contributed by atoms with Crippen molar-refractivity contribution in [3.8, 4) is 11.4 Å². The lowest BCUT2D eigenvalue weighted by molar-refractivity contribution is -0.124. The Morgan fingerprint density at radius 3 is 2.50 bits per heavy atom. The van der Waals surface area contributed by atoms with Gasteiger partial charge in [0.05, 0.1) is 23.4 Å². The molecule has 8 heteroatoms. The summed E-state index contributed by atoms with van der Waals surface area (Å²) in [6, 6.07) is 20.3. The van der Waals surface area contributed by atoms with Crippen molar-refractivity contribution in [1.82, 2.24) is 15.1 Å². The molecule has 0 aliphatic carbocycles. The molecular weight excluding hydrogens is 436 g/mol. The van der Waals surface area contributed by atoms with Crippen LogP contribution in [-0.2, 0) is 4.79 Å². The number of fused-ring (bicyclic) bond motifs is 1. The molecule has 1 amide bonds. The minimum atomic E-state index is -2.14. The van der Waals surface area contributed by atoms with Crippen LogP contribution < -0.4 is 10.1 Å². The van der Waals surface area contributed by atoms with E-state index in [0.29, 0.717) is 5.75 Å². The number of nitrogens with one attached hydrogen (secondary N) is 1. The summed E-state index contributed by atoms with van der Waals surface area (Å²) in [5.41, 5.74) is 0.231. The van der Waals surface area contributed by atoms with Crippen molar-refractivity contribution in [2.45, 2.75) is 24.7 Å². The van der Waals surface area contributed by atoms with E-state index in [1.54, 1.807) is 36.0 Å². The minimum Gasteiger partial charge on any atom is -0.484 e. The number of amides is 1. The highest BCUT2D eigenvalue weighted by molar-refractivity contribution is 6.29. The van der Waals surface area contributed by atoms with Crippen LogP contribution in [0.2, 0.25) is 0 Å². The van der Waals surface area contributed by atoms with Gasteiger partial charge in [-0.15, -0.1) is 0 Å². The summed E-state index contributed by atoms with van der Waals surface area (Å²) in [5, 5.41) is 7.76. The number of alkyl halides is 2. The molecule has 0 radical (unpaired) electrons. The van der Waals surface area contributed by atoms with Crippen LogP contribution in [0.4, 0.5) is 8.78 Å². The molecule has 0 saturated heterocycles. The Labute approximate surface area is 188 Å². The third-order valence-electron chi connectivity index (χ3n) is 5.02. The number of hydrogen-bond donors (Lipinski definition) is 1. The van der Waals surface area contributed by atoms with E-state index in [9.17, 15) is 13.6 Å². The van der Waals surface area contributed by atoms with Gasteiger partial charge in [0.2, 0.25) is 0 Å². The van der Waals surface area contributed by atoms with Gasteiger partial charge in [0.1, 0.15) is 17.7 Å². The summed E-state index contributed by atoms with van der Waals surface area (Å²) in [7, 11) is 0. The normalized spacial score (nSPS) is 14.0. The largest absolute Gasteiger partial charge is 0.484 e. The molecule has 164 valence electrons. The Morgan fingerprint density at radius 1 is 1.09 bits per heavy atom. The quantitative estimate of drug-likeness (QED) is 0.383. The van der Waals surface area contributed by atoms with Gasteiger partial charge in [0.15, 0.2) is 0 Å². The van der Waals surface area contributed by atoms with Gasteiger partial charge >= 0.3 is 0 Å². The van der Waals surface area contributed by atoms with Crippen molar-refractivity contribution < 1.29 is 18.3 Å². The summed E-state index contributed by atoms with van der Waals surface area (Å²) >= 11 is 5.26. The average Bonchev–Trinajstić information content (AvgIpc) is 3.21. The highest BCUT2D eigenvalue weighted by atomic mass is 35.5. The summed E-state index contributed by atoms with van der Waals surface area (Å²) in [4.78, 5) is 11.8. The first-order valence-electron chi connectivity index (χ1n) is 9.96. The molecule has 32 heavy (non-hydrogen) atoms. The smallest absolute Gasteiger partial charge is 0.270 e. The van der Waals surface area contributed by atoms with Crippen molar-refractivity contribution in [1.29, 1.82) is 0 Å². The molecule has 3 atom stereocenters. The highest BCUT2D eigenvalue weighted by Crippen LogP contribution is 2.29. The lowest BCUT2D eigenvalue weighted by Gasteiger charge is -2.26. The molecule has 3 aromatic carbocycles. The average molecular weight is 456 g/mol. The van der Waals surface area contributed by atoms with Crippen molar-refractivity contribution in [3.63, 3.8) is 0 Å². The van der Waals surface area contributed by atoms with E-state index < -0.39 is 23.7 Å². The van der Waals surface area contributed by atoms with Crippen LogP contribution in [0, 0.1) is 5.82 Å². The first kappa shape index (κ1) is 21.8. The SMILES string of the molecule is C[C@H](NC(=O)C(F)Cl)[C@@H](Oc1ccc2c(cnn2-c2ccc(F)cc2)c1)c1ccccc1. The number of hydrogen-bond acceptors (Lipinski definition) is 3. The van der Waals surface area contributed by atoms with E-state index in [1.807, 2.05) is 42.5 Å². The van der Waals surface area contributed by atoms with Gasteiger partial charge in [-0.1, -0.05) is 41.9 Å². The maximum absolute atomic E-state index is 13.2. The minimum absolute atomic E-state index is 0.317. The lowest BCUT2D eigenvalue weighted by Crippen LogP contribution is -2.41. The van der Waals surface area contributed by atoms with Gasteiger partial charge in [-0.25, -0.2) is 13.5 Å². The van der Waals surface area contributed by atoms with Crippen LogP contribution in [0.25, 0.3) is 16.6 Å². The van der Waals surface area contributed by atoms with Crippen LogP contribution in [-0.4, -0.2) is 27.4 Å². The molecule has 1 N–H and O–H groups in total.